The Morgan fingerprint density at radius 3 is 2.53 bits per heavy atom. The Bertz CT molecular complexity index is 575. The fraction of sp³-hybridized carbons (Fsp3) is 0.200. The van der Waals surface area contributed by atoms with Crippen LogP contribution in [0.5, 0.6) is 0 Å². The molecule has 0 aliphatic heterocycles. The van der Waals surface area contributed by atoms with E-state index in [1.807, 2.05) is 0 Å². The third-order valence-electron chi connectivity index (χ3n) is 2.20. The molecular formula is C10H12N4O2S. The Morgan fingerprint density at radius 2 is 2.00 bits per heavy atom. The van der Waals surface area contributed by atoms with E-state index in [4.69, 9.17) is 0 Å². The normalized spacial score (nSPS) is 11.4. The number of hydrogen-bond acceptors (Lipinski definition) is 4. The summed E-state index contributed by atoms with van der Waals surface area (Å²) in [4.78, 5) is 3.83. The van der Waals surface area contributed by atoms with Crippen LogP contribution >= 0.6 is 0 Å². The highest BCUT2D eigenvalue weighted by Crippen LogP contribution is 2.13. The van der Waals surface area contributed by atoms with E-state index in [9.17, 15) is 8.42 Å². The van der Waals surface area contributed by atoms with E-state index in [1.165, 1.54) is 6.33 Å². The Labute approximate surface area is 99.4 Å². The highest BCUT2D eigenvalue weighted by Gasteiger charge is 2.06. The lowest BCUT2D eigenvalue weighted by Gasteiger charge is -2.06. The highest BCUT2D eigenvalue weighted by molar-refractivity contribution is 7.92. The van der Waals surface area contributed by atoms with Gasteiger partial charge in [0.1, 0.15) is 12.7 Å². The van der Waals surface area contributed by atoms with Crippen molar-refractivity contribution < 1.29 is 8.42 Å². The van der Waals surface area contributed by atoms with Crippen molar-refractivity contribution in [3.8, 4) is 5.69 Å². The van der Waals surface area contributed by atoms with E-state index >= 15 is 0 Å². The molecule has 2 rings (SSSR count). The van der Waals surface area contributed by atoms with Gasteiger partial charge in [0.2, 0.25) is 10.0 Å². The number of benzene rings is 1. The van der Waals surface area contributed by atoms with Crippen LogP contribution in [0.25, 0.3) is 5.69 Å². The Morgan fingerprint density at radius 1 is 1.29 bits per heavy atom. The molecule has 0 amide bonds. The second kappa shape index (κ2) is 4.54. The van der Waals surface area contributed by atoms with Gasteiger partial charge in [0.15, 0.2) is 0 Å². The molecule has 0 aliphatic carbocycles. The summed E-state index contributed by atoms with van der Waals surface area (Å²) in [5.74, 6) is 0.0534. The lowest BCUT2D eigenvalue weighted by molar-refractivity contribution is 0.602. The zero-order chi connectivity index (χ0) is 12.3. The molecule has 0 fully saturated rings. The molecule has 0 bridgehead atoms. The van der Waals surface area contributed by atoms with Gasteiger partial charge < -0.3 is 0 Å². The second-order valence-electron chi connectivity index (χ2n) is 3.39. The zero-order valence-corrected chi connectivity index (χ0v) is 10.1. The average Bonchev–Trinajstić information content (AvgIpc) is 2.83. The Kier molecular flexibility index (Phi) is 3.10. The van der Waals surface area contributed by atoms with Crippen LogP contribution in [0.15, 0.2) is 36.9 Å². The lowest BCUT2D eigenvalue weighted by Crippen LogP contribution is -2.14. The maximum atomic E-state index is 11.3. The molecule has 1 N–H and O–H groups in total. The Hall–Kier alpha value is -1.89. The van der Waals surface area contributed by atoms with Crippen molar-refractivity contribution in [3.05, 3.63) is 36.9 Å². The van der Waals surface area contributed by atoms with Crippen LogP contribution in [0, 0.1) is 0 Å². The highest BCUT2D eigenvalue weighted by atomic mass is 32.2. The van der Waals surface area contributed by atoms with Crippen molar-refractivity contribution in [2.24, 2.45) is 0 Å². The summed E-state index contributed by atoms with van der Waals surface area (Å²) in [6, 6.07) is 6.90. The molecule has 1 aromatic carbocycles. The maximum absolute atomic E-state index is 11.3. The summed E-state index contributed by atoms with van der Waals surface area (Å²) in [6.45, 7) is 1.59. The standard InChI is InChI=1S/C10H12N4O2S/c1-2-17(15,16)13-9-3-5-10(6-4-9)14-8-11-7-12-14/h3-8,13H,2H2,1H3. The fourth-order valence-electron chi connectivity index (χ4n) is 1.28. The fourth-order valence-corrected chi connectivity index (χ4v) is 1.92. The van der Waals surface area contributed by atoms with E-state index in [1.54, 1.807) is 42.2 Å². The first-order valence-corrected chi connectivity index (χ1v) is 6.71. The molecule has 0 spiro atoms. The van der Waals surface area contributed by atoms with Gasteiger partial charge in [0.25, 0.3) is 0 Å². The minimum atomic E-state index is -3.22. The minimum Gasteiger partial charge on any atom is -0.284 e. The van der Waals surface area contributed by atoms with Gasteiger partial charge in [-0.3, -0.25) is 4.72 Å². The quantitative estimate of drug-likeness (QED) is 0.881. The molecule has 0 radical (unpaired) electrons. The molecular weight excluding hydrogens is 240 g/mol. The van der Waals surface area contributed by atoms with Crippen LogP contribution in [0.3, 0.4) is 0 Å². The average molecular weight is 252 g/mol. The molecule has 90 valence electrons. The van der Waals surface area contributed by atoms with Gasteiger partial charge in [-0.05, 0) is 31.2 Å². The van der Waals surface area contributed by atoms with Crippen LogP contribution in [-0.4, -0.2) is 28.9 Å². The van der Waals surface area contributed by atoms with Gasteiger partial charge in [-0.1, -0.05) is 0 Å². The molecule has 17 heavy (non-hydrogen) atoms. The molecule has 2 aromatic rings. The summed E-state index contributed by atoms with van der Waals surface area (Å²) in [7, 11) is -3.22. The molecule has 1 heterocycles. The molecule has 6 nitrogen and oxygen atoms in total. The number of nitrogens with zero attached hydrogens (tertiary/aromatic N) is 3. The van der Waals surface area contributed by atoms with Crippen LogP contribution in [0.4, 0.5) is 5.69 Å². The van der Waals surface area contributed by atoms with Crippen LogP contribution in [-0.2, 0) is 10.0 Å². The van der Waals surface area contributed by atoms with Crippen molar-refractivity contribution in [1.82, 2.24) is 14.8 Å². The molecule has 0 aliphatic rings. The summed E-state index contributed by atoms with van der Waals surface area (Å²) in [5, 5.41) is 3.97. The van der Waals surface area contributed by atoms with Gasteiger partial charge >= 0.3 is 0 Å². The van der Waals surface area contributed by atoms with E-state index in [-0.39, 0.29) is 5.75 Å². The number of hydrogen-bond donors (Lipinski definition) is 1. The molecule has 7 heteroatoms. The van der Waals surface area contributed by atoms with Crippen molar-refractivity contribution in [3.63, 3.8) is 0 Å². The molecule has 0 atom stereocenters. The number of aromatic nitrogens is 3. The topological polar surface area (TPSA) is 76.9 Å². The third kappa shape index (κ3) is 2.82. The second-order valence-corrected chi connectivity index (χ2v) is 5.40. The van der Waals surface area contributed by atoms with Crippen LogP contribution in [0.2, 0.25) is 0 Å². The minimum absolute atomic E-state index is 0.0534. The van der Waals surface area contributed by atoms with Crippen LogP contribution < -0.4 is 4.72 Å². The number of nitrogens with one attached hydrogen (secondary N) is 1. The van der Waals surface area contributed by atoms with Gasteiger partial charge in [0.05, 0.1) is 11.4 Å². The predicted molar refractivity (Wildman–Crippen MR) is 64.4 cm³/mol. The summed E-state index contributed by atoms with van der Waals surface area (Å²) < 4.78 is 26.7. The molecule has 0 saturated heterocycles. The first-order valence-electron chi connectivity index (χ1n) is 5.06. The molecule has 0 saturated carbocycles. The Balaban J connectivity index is 2.19. The molecule has 0 unspecified atom stereocenters. The third-order valence-corrected chi connectivity index (χ3v) is 3.51. The van der Waals surface area contributed by atoms with Crippen molar-refractivity contribution in [1.29, 1.82) is 0 Å². The van der Waals surface area contributed by atoms with Gasteiger partial charge in [-0.15, -0.1) is 0 Å². The zero-order valence-electron chi connectivity index (χ0n) is 9.24. The van der Waals surface area contributed by atoms with Gasteiger partial charge in [-0.2, -0.15) is 5.10 Å². The summed E-state index contributed by atoms with van der Waals surface area (Å²) >= 11 is 0. The maximum Gasteiger partial charge on any atom is 0.232 e. The first kappa shape index (κ1) is 11.6. The SMILES string of the molecule is CCS(=O)(=O)Nc1ccc(-n2cncn2)cc1. The first-order chi connectivity index (χ1) is 8.11. The monoisotopic (exact) mass is 252 g/mol. The van der Waals surface area contributed by atoms with Crippen molar-refractivity contribution >= 4 is 15.7 Å². The smallest absolute Gasteiger partial charge is 0.232 e. The van der Waals surface area contributed by atoms with E-state index in [0.717, 1.165) is 5.69 Å². The summed E-state index contributed by atoms with van der Waals surface area (Å²) in [5.41, 5.74) is 1.36. The number of rotatable bonds is 4. The van der Waals surface area contributed by atoms with Gasteiger partial charge in [0, 0.05) is 5.69 Å². The van der Waals surface area contributed by atoms with E-state index in [0.29, 0.717) is 5.69 Å². The molecule has 1 aromatic heterocycles. The van der Waals surface area contributed by atoms with E-state index < -0.39 is 10.0 Å². The summed E-state index contributed by atoms with van der Waals surface area (Å²) in [6.07, 6.45) is 3.01. The largest absolute Gasteiger partial charge is 0.284 e. The predicted octanol–water partition coefficient (Wildman–Crippen LogP) is 1.03. The van der Waals surface area contributed by atoms with Gasteiger partial charge in [-0.25, -0.2) is 18.1 Å². The number of sulfonamides is 1. The van der Waals surface area contributed by atoms with Crippen molar-refractivity contribution in [2.45, 2.75) is 6.92 Å². The number of anilines is 1. The van der Waals surface area contributed by atoms with Crippen LogP contribution in [0.1, 0.15) is 6.92 Å². The van der Waals surface area contributed by atoms with E-state index in [2.05, 4.69) is 14.8 Å². The van der Waals surface area contributed by atoms with Crippen molar-refractivity contribution in [2.75, 3.05) is 10.5 Å². The lowest BCUT2D eigenvalue weighted by atomic mass is 10.3.